The Balaban J connectivity index is 1.92. The summed E-state index contributed by atoms with van der Waals surface area (Å²) >= 11 is 6.11. The average molecular weight is 424 g/mol. The molecule has 150 valence electrons. The molecule has 0 aliphatic heterocycles. The minimum atomic E-state index is -2.99. The lowest BCUT2D eigenvalue weighted by molar-refractivity contribution is 0.0725. The molecule has 8 nitrogen and oxygen atoms in total. The fourth-order valence-corrected chi connectivity index (χ4v) is 4.80. The van der Waals surface area contributed by atoms with Crippen LogP contribution in [0.4, 0.5) is 0 Å². The highest BCUT2D eigenvalue weighted by Crippen LogP contribution is 2.39. The van der Waals surface area contributed by atoms with Crippen molar-refractivity contribution < 1.29 is 13.2 Å². The highest BCUT2D eigenvalue weighted by molar-refractivity contribution is 7.90. The van der Waals surface area contributed by atoms with Crippen LogP contribution < -0.4 is 4.74 Å². The first kappa shape index (κ1) is 20.6. The van der Waals surface area contributed by atoms with Gasteiger partial charge in [0.15, 0.2) is 0 Å². The minimum Gasteiger partial charge on any atom is -0.474 e. The van der Waals surface area contributed by atoms with Crippen LogP contribution in [0.25, 0.3) is 21.2 Å². The molecule has 2 aromatic rings. The third-order valence-electron chi connectivity index (χ3n) is 5.25. The molecule has 2 aromatic heterocycles. The van der Waals surface area contributed by atoms with Crippen LogP contribution in [0.15, 0.2) is 23.6 Å². The van der Waals surface area contributed by atoms with Crippen molar-refractivity contribution in [1.82, 2.24) is 9.97 Å². The second-order valence-electron chi connectivity index (χ2n) is 7.52. The number of halogens is 1. The highest BCUT2D eigenvalue weighted by atomic mass is 35.5. The first-order valence-corrected chi connectivity index (χ1v) is 11.4. The Morgan fingerprint density at radius 2 is 2.07 bits per heavy atom. The van der Waals surface area contributed by atoms with Crippen LogP contribution in [0.2, 0.25) is 5.15 Å². The lowest BCUT2D eigenvalue weighted by Crippen LogP contribution is -2.37. The molecule has 0 bridgehead atoms. The monoisotopic (exact) mass is 423 g/mol. The van der Waals surface area contributed by atoms with Crippen LogP contribution in [-0.4, -0.2) is 36.5 Å². The lowest BCUT2D eigenvalue weighted by atomic mass is 9.84. The van der Waals surface area contributed by atoms with Gasteiger partial charge in [0, 0.05) is 23.6 Å². The Labute approximate surface area is 168 Å². The maximum absolute atomic E-state index is 11.4. The topological polar surface area (TPSA) is 118 Å². The number of azide groups is 1. The summed E-state index contributed by atoms with van der Waals surface area (Å²) in [6.07, 6.45) is 6.34. The van der Waals surface area contributed by atoms with E-state index in [9.17, 15) is 8.42 Å². The molecule has 28 heavy (non-hydrogen) atoms. The molecule has 0 N–H and O–H groups in total. The molecule has 0 amide bonds. The van der Waals surface area contributed by atoms with E-state index in [0.29, 0.717) is 35.7 Å². The third-order valence-corrected chi connectivity index (χ3v) is 6.53. The number of hydrogen-bond donors (Lipinski definition) is 0. The Kier molecular flexibility index (Phi) is 5.70. The van der Waals surface area contributed by atoms with Crippen molar-refractivity contribution in [3.63, 3.8) is 0 Å². The lowest BCUT2D eigenvalue weighted by Gasteiger charge is -2.35. The molecular formula is C18H22ClN5O3S. The summed E-state index contributed by atoms with van der Waals surface area (Å²) in [5, 5.41) is 5.74. The van der Waals surface area contributed by atoms with Gasteiger partial charge >= 0.3 is 0 Å². The van der Waals surface area contributed by atoms with Crippen molar-refractivity contribution >= 4 is 32.2 Å². The largest absolute Gasteiger partial charge is 0.474 e. The minimum absolute atomic E-state index is 0.0846. The van der Waals surface area contributed by atoms with Gasteiger partial charge in [0.25, 0.3) is 0 Å². The summed E-state index contributed by atoms with van der Waals surface area (Å²) in [5.74, 6) is 0.717. The van der Waals surface area contributed by atoms with Gasteiger partial charge < -0.3 is 4.74 Å². The van der Waals surface area contributed by atoms with Crippen molar-refractivity contribution in [1.29, 1.82) is 0 Å². The summed E-state index contributed by atoms with van der Waals surface area (Å²) in [5.41, 5.74) is 8.95. The number of ether oxygens (including phenoxy) is 1. The molecule has 10 heteroatoms. The Bertz CT molecular complexity index is 1050. The molecule has 2 heterocycles. The summed E-state index contributed by atoms with van der Waals surface area (Å²) in [6.45, 7) is 3.78. The van der Waals surface area contributed by atoms with E-state index >= 15 is 0 Å². The van der Waals surface area contributed by atoms with Crippen molar-refractivity contribution in [2.45, 2.75) is 44.8 Å². The van der Waals surface area contributed by atoms with E-state index in [1.165, 1.54) is 6.26 Å². The first-order valence-electron chi connectivity index (χ1n) is 9.00. The number of aromatic nitrogens is 2. The fraction of sp³-hybridized carbons (Fsp3) is 0.556. The van der Waals surface area contributed by atoms with Crippen molar-refractivity contribution in [3.8, 4) is 5.88 Å². The van der Waals surface area contributed by atoms with Crippen molar-refractivity contribution in [2.24, 2.45) is 11.0 Å². The number of sulfone groups is 1. The molecule has 0 aromatic carbocycles. The average Bonchev–Trinajstić information content (AvgIpc) is 2.58. The quantitative estimate of drug-likeness (QED) is 0.282. The van der Waals surface area contributed by atoms with Gasteiger partial charge in [-0.25, -0.2) is 18.4 Å². The molecule has 0 radical (unpaired) electrons. The van der Waals surface area contributed by atoms with E-state index in [4.69, 9.17) is 21.9 Å². The standard InChI is InChI=1S/C18H22ClN5O3S/c1-4-18(2,23-24-20)15-9-22-17(14-8-21-16(19)7-13(14)15)27-12-5-11(6-12)10-28(3,25)26/h7-9,11-12H,4-6,10H2,1-3H3/t11?,12?,18-/m1/s1. The Morgan fingerprint density at radius 3 is 2.68 bits per heavy atom. The van der Waals surface area contributed by atoms with E-state index in [-0.39, 0.29) is 17.8 Å². The number of nitrogens with zero attached hydrogens (tertiary/aromatic N) is 5. The summed E-state index contributed by atoms with van der Waals surface area (Å²) in [7, 11) is -2.99. The molecule has 1 fully saturated rings. The van der Waals surface area contributed by atoms with E-state index in [1.807, 2.05) is 13.8 Å². The van der Waals surface area contributed by atoms with E-state index in [2.05, 4.69) is 20.0 Å². The summed E-state index contributed by atoms with van der Waals surface area (Å²) in [4.78, 5) is 11.6. The van der Waals surface area contributed by atoms with Crippen LogP contribution in [0.5, 0.6) is 5.88 Å². The maximum atomic E-state index is 11.4. The molecule has 1 aliphatic carbocycles. The van der Waals surface area contributed by atoms with Crippen molar-refractivity contribution in [3.05, 3.63) is 39.6 Å². The molecule has 1 aliphatic rings. The molecule has 0 unspecified atom stereocenters. The number of rotatable bonds is 7. The smallest absolute Gasteiger partial charge is 0.223 e. The van der Waals surface area contributed by atoms with Crippen LogP contribution in [0.1, 0.15) is 38.7 Å². The van der Waals surface area contributed by atoms with Gasteiger partial charge in [-0.15, -0.1) is 0 Å². The SMILES string of the molecule is CC[C@@](C)(N=[N+]=[N-])c1cnc(OC2CC(CS(C)(=O)=O)C2)c2cnc(Cl)cc12. The molecule has 0 spiro atoms. The van der Waals surface area contributed by atoms with Gasteiger partial charge in [-0.3, -0.25) is 0 Å². The van der Waals surface area contributed by atoms with Gasteiger partial charge in [-0.2, -0.15) is 0 Å². The second kappa shape index (κ2) is 7.73. The zero-order valence-electron chi connectivity index (χ0n) is 16.0. The molecule has 0 saturated heterocycles. The number of hydrogen-bond acceptors (Lipinski definition) is 6. The van der Waals surface area contributed by atoms with Crippen LogP contribution in [-0.2, 0) is 15.4 Å². The Hall–Kier alpha value is -2.09. The number of fused-ring (bicyclic) bond motifs is 1. The van der Waals surface area contributed by atoms with E-state index < -0.39 is 15.4 Å². The van der Waals surface area contributed by atoms with Crippen LogP contribution >= 0.6 is 11.6 Å². The van der Waals surface area contributed by atoms with E-state index in [0.717, 1.165) is 10.9 Å². The van der Waals surface area contributed by atoms with Gasteiger partial charge in [-0.1, -0.05) is 23.6 Å². The normalized spacial score (nSPS) is 21.4. The van der Waals surface area contributed by atoms with Gasteiger partial charge in [0.2, 0.25) is 5.88 Å². The summed E-state index contributed by atoms with van der Waals surface area (Å²) in [6, 6.07) is 1.72. The molecular weight excluding hydrogens is 402 g/mol. The van der Waals surface area contributed by atoms with E-state index in [1.54, 1.807) is 18.5 Å². The predicted octanol–water partition coefficient (Wildman–Crippen LogP) is 4.42. The zero-order chi connectivity index (χ0) is 20.5. The fourth-order valence-electron chi connectivity index (χ4n) is 3.52. The van der Waals surface area contributed by atoms with Gasteiger partial charge in [0.1, 0.15) is 21.1 Å². The van der Waals surface area contributed by atoms with Crippen LogP contribution in [0.3, 0.4) is 0 Å². The van der Waals surface area contributed by atoms with Crippen LogP contribution in [0, 0.1) is 5.92 Å². The Morgan fingerprint density at radius 1 is 1.36 bits per heavy atom. The molecule has 3 rings (SSSR count). The van der Waals surface area contributed by atoms with Gasteiger partial charge in [0.05, 0.1) is 16.7 Å². The summed E-state index contributed by atoms with van der Waals surface area (Å²) < 4.78 is 28.8. The molecule has 1 saturated carbocycles. The van der Waals surface area contributed by atoms with Crippen molar-refractivity contribution in [2.75, 3.05) is 12.0 Å². The number of pyridine rings is 2. The zero-order valence-corrected chi connectivity index (χ0v) is 17.5. The highest BCUT2D eigenvalue weighted by Gasteiger charge is 2.34. The first-order chi connectivity index (χ1) is 13.1. The second-order valence-corrected chi connectivity index (χ2v) is 10.1. The maximum Gasteiger partial charge on any atom is 0.223 e. The molecule has 1 atom stereocenters. The predicted molar refractivity (Wildman–Crippen MR) is 108 cm³/mol. The third kappa shape index (κ3) is 4.32. The van der Waals surface area contributed by atoms with Gasteiger partial charge in [-0.05, 0) is 54.7 Å².